The SMILES string of the molecule is Cc1nnn2c1CN(C(=O)OC(C)(C)C)CC2. The molecule has 0 saturated carbocycles. The lowest BCUT2D eigenvalue weighted by molar-refractivity contribution is 0.0194. The summed E-state index contributed by atoms with van der Waals surface area (Å²) in [5.41, 5.74) is 1.41. The molecule has 1 aromatic rings. The van der Waals surface area contributed by atoms with Gasteiger partial charge >= 0.3 is 6.09 Å². The Labute approximate surface area is 101 Å². The van der Waals surface area contributed by atoms with Crippen LogP contribution in [0.1, 0.15) is 32.2 Å². The first-order valence-corrected chi connectivity index (χ1v) is 5.74. The van der Waals surface area contributed by atoms with Crippen LogP contribution in [0.4, 0.5) is 4.79 Å². The van der Waals surface area contributed by atoms with E-state index in [0.717, 1.165) is 11.4 Å². The molecule has 94 valence electrons. The van der Waals surface area contributed by atoms with Crippen molar-refractivity contribution in [1.29, 1.82) is 0 Å². The largest absolute Gasteiger partial charge is 0.444 e. The van der Waals surface area contributed by atoms with Gasteiger partial charge in [-0.15, -0.1) is 5.10 Å². The first-order valence-electron chi connectivity index (χ1n) is 5.74. The molecule has 0 atom stereocenters. The molecule has 6 nitrogen and oxygen atoms in total. The zero-order valence-electron chi connectivity index (χ0n) is 10.7. The monoisotopic (exact) mass is 238 g/mol. The van der Waals surface area contributed by atoms with Gasteiger partial charge in [-0.2, -0.15) is 0 Å². The molecule has 1 amide bonds. The van der Waals surface area contributed by atoms with Crippen LogP contribution in [0.15, 0.2) is 0 Å². The maximum atomic E-state index is 11.9. The Morgan fingerprint density at radius 2 is 2.06 bits per heavy atom. The average Bonchev–Trinajstić information content (AvgIpc) is 2.57. The van der Waals surface area contributed by atoms with Crippen LogP contribution in [-0.4, -0.2) is 38.1 Å². The Balaban J connectivity index is 2.07. The van der Waals surface area contributed by atoms with Crippen molar-refractivity contribution in [2.75, 3.05) is 6.54 Å². The molecule has 0 N–H and O–H groups in total. The van der Waals surface area contributed by atoms with Crippen LogP contribution in [0, 0.1) is 6.92 Å². The Hall–Kier alpha value is -1.59. The standard InChI is InChI=1S/C11H18N4O2/c1-8-9-7-14(5-6-15(9)13-12-8)10(16)17-11(2,3)4/h5-7H2,1-4H3. The maximum Gasteiger partial charge on any atom is 0.410 e. The third kappa shape index (κ3) is 2.57. The number of aromatic nitrogens is 3. The van der Waals surface area contributed by atoms with E-state index in [1.54, 1.807) is 4.90 Å². The molecule has 0 unspecified atom stereocenters. The van der Waals surface area contributed by atoms with E-state index in [1.807, 2.05) is 32.4 Å². The topological polar surface area (TPSA) is 60.2 Å². The van der Waals surface area contributed by atoms with Gasteiger partial charge in [0, 0.05) is 6.54 Å². The van der Waals surface area contributed by atoms with Crippen molar-refractivity contribution in [2.45, 2.75) is 46.4 Å². The zero-order valence-corrected chi connectivity index (χ0v) is 10.7. The van der Waals surface area contributed by atoms with Gasteiger partial charge in [0.05, 0.1) is 24.5 Å². The first-order chi connectivity index (χ1) is 7.87. The number of nitrogens with zero attached hydrogens (tertiary/aromatic N) is 4. The van der Waals surface area contributed by atoms with Crippen LogP contribution in [-0.2, 0) is 17.8 Å². The molecule has 0 saturated heterocycles. The van der Waals surface area contributed by atoms with Gasteiger partial charge in [0.2, 0.25) is 0 Å². The van der Waals surface area contributed by atoms with Crippen LogP contribution in [0.25, 0.3) is 0 Å². The summed E-state index contributed by atoms with van der Waals surface area (Å²) in [4.78, 5) is 13.6. The Morgan fingerprint density at radius 1 is 1.35 bits per heavy atom. The van der Waals surface area contributed by atoms with E-state index in [2.05, 4.69) is 10.3 Å². The fraction of sp³-hybridized carbons (Fsp3) is 0.727. The molecule has 0 aliphatic carbocycles. The van der Waals surface area contributed by atoms with E-state index in [0.29, 0.717) is 19.6 Å². The lowest BCUT2D eigenvalue weighted by Crippen LogP contribution is -2.41. The van der Waals surface area contributed by atoms with Gasteiger partial charge in [0.25, 0.3) is 0 Å². The van der Waals surface area contributed by atoms with Crippen molar-refractivity contribution in [1.82, 2.24) is 19.9 Å². The van der Waals surface area contributed by atoms with Gasteiger partial charge in [-0.1, -0.05) is 5.21 Å². The van der Waals surface area contributed by atoms with E-state index in [9.17, 15) is 4.79 Å². The van der Waals surface area contributed by atoms with E-state index < -0.39 is 5.60 Å². The Kier molecular flexibility index (Phi) is 2.81. The molecule has 0 spiro atoms. The number of hydrogen-bond donors (Lipinski definition) is 0. The molecule has 2 heterocycles. The normalized spacial score (nSPS) is 15.6. The predicted molar refractivity (Wildman–Crippen MR) is 61.4 cm³/mol. The summed E-state index contributed by atoms with van der Waals surface area (Å²) >= 11 is 0. The molecule has 1 aliphatic heterocycles. The molecular formula is C11H18N4O2. The number of amides is 1. The van der Waals surface area contributed by atoms with Crippen molar-refractivity contribution in [3.63, 3.8) is 0 Å². The van der Waals surface area contributed by atoms with Crippen molar-refractivity contribution < 1.29 is 9.53 Å². The highest BCUT2D eigenvalue weighted by Gasteiger charge is 2.27. The third-order valence-corrected chi connectivity index (χ3v) is 2.61. The van der Waals surface area contributed by atoms with E-state index >= 15 is 0 Å². The first kappa shape index (κ1) is 11.9. The smallest absolute Gasteiger partial charge is 0.410 e. The van der Waals surface area contributed by atoms with Gasteiger partial charge in [0.15, 0.2) is 0 Å². The van der Waals surface area contributed by atoms with Gasteiger partial charge in [-0.25, -0.2) is 9.48 Å². The summed E-state index contributed by atoms with van der Waals surface area (Å²) in [6.07, 6.45) is -0.274. The number of hydrogen-bond acceptors (Lipinski definition) is 4. The molecule has 0 fully saturated rings. The van der Waals surface area contributed by atoms with Crippen molar-refractivity contribution in [3.8, 4) is 0 Å². The van der Waals surface area contributed by atoms with Gasteiger partial charge < -0.3 is 9.64 Å². The number of fused-ring (bicyclic) bond motifs is 1. The van der Waals surface area contributed by atoms with Crippen molar-refractivity contribution in [2.24, 2.45) is 0 Å². The van der Waals surface area contributed by atoms with Crippen LogP contribution in [0.2, 0.25) is 0 Å². The van der Waals surface area contributed by atoms with Crippen LogP contribution in [0.5, 0.6) is 0 Å². The molecule has 17 heavy (non-hydrogen) atoms. The second-order valence-corrected chi connectivity index (χ2v) is 5.25. The number of rotatable bonds is 0. The third-order valence-electron chi connectivity index (χ3n) is 2.61. The van der Waals surface area contributed by atoms with Gasteiger partial charge in [0.1, 0.15) is 5.60 Å². The van der Waals surface area contributed by atoms with E-state index in [1.165, 1.54) is 0 Å². The molecule has 1 aromatic heterocycles. The molecule has 0 aromatic carbocycles. The number of carbonyl (C=O) groups is 1. The predicted octanol–water partition coefficient (Wildman–Crippen LogP) is 1.34. The van der Waals surface area contributed by atoms with Gasteiger partial charge in [-0.3, -0.25) is 0 Å². The number of aryl methyl sites for hydroxylation is 1. The van der Waals surface area contributed by atoms with Gasteiger partial charge in [-0.05, 0) is 27.7 Å². The maximum absolute atomic E-state index is 11.9. The van der Waals surface area contributed by atoms with Crippen molar-refractivity contribution in [3.05, 3.63) is 11.4 Å². The Morgan fingerprint density at radius 3 is 2.71 bits per heavy atom. The summed E-state index contributed by atoms with van der Waals surface area (Å²) < 4.78 is 7.19. The molecule has 0 bridgehead atoms. The lowest BCUT2D eigenvalue weighted by Gasteiger charge is -2.30. The molecule has 0 radical (unpaired) electrons. The summed E-state index contributed by atoms with van der Waals surface area (Å²) in [5.74, 6) is 0. The summed E-state index contributed by atoms with van der Waals surface area (Å²) in [7, 11) is 0. The van der Waals surface area contributed by atoms with Crippen LogP contribution in [0.3, 0.4) is 0 Å². The number of ether oxygens (including phenoxy) is 1. The second-order valence-electron chi connectivity index (χ2n) is 5.25. The average molecular weight is 238 g/mol. The highest BCUT2D eigenvalue weighted by molar-refractivity contribution is 5.68. The Bertz CT molecular complexity index is 433. The van der Waals surface area contributed by atoms with Crippen molar-refractivity contribution >= 4 is 6.09 Å². The lowest BCUT2D eigenvalue weighted by atomic mass is 10.2. The quantitative estimate of drug-likeness (QED) is 0.684. The summed E-state index contributed by atoms with van der Waals surface area (Å²) in [6.45, 7) is 9.31. The zero-order chi connectivity index (χ0) is 12.6. The summed E-state index contributed by atoms with van der Waals surface area (Å²) in [6, 6.07) is 0. The van der Waals surface area contributed by atoms with E-state index in [-0.39, 0.29) is 6.09 Å². The minimum absolute atomic E-state index is 0.274. The fourth-order valence-corrected chi connectivity index (χ4v) is 1.75. The van der Waals surface area contributed by atoms with Crippen LogP contribution >= 0.6 is 0 Å². The highest BCUT2D eigenvalue weighted by Crippen LogP contribution is 2.17. The molecule has 6 heteroatoms. The fourth-order valence-electron chi connectivity index (χ4n) is 1.75. The summed E-state index contributed by atoms with van der Waals surface area (Å²) in [5, 5.41) is 8.01. The molecular weight excluding hydrogens is 220 g/mol. The van der Waals surface area contributed by atoms with Crippen LogP contribution < -0.4 is 0 Å². The minimum atomic E-state index is -0.456. The van der Waals surface area contributed by atoms with E-state index in [4.69, 9.17) is 4.74 Å². The molecule has 2 rings (SSSR count). The molecule has 1 aliphatic rings. The highest BCUT2D eigenvalue weighted by atomic mass is 16.6. The minimum Gasteiger partial charge on any atom is -0.444 e. The second kappa shape index (κ2) is 4.01. The number of carbonyl (C=O) groups excluding carboxylic acids is 1.